The van der Waals surface area contributed by atoms with Crippen molar-refractivity contribution < 1.29 is 9.90 Å². The number of rotatable bonds is 7. The number of carbonyl (C=O) groups excluding carboxylic acids is 1. The first kappa shape index (κ1) is 19.8. The fourth-order valence-electron chi connectivity index (χ4n) is 2.16. The summed E-state index contributed by atoms with van der Waals surface area (Å²) in [4.78, 5) is 12.4. The summed E-state index contributed by atoms with van der Waals surface area (Å²) in [5.41, 5.74) is 1.82. The van der Waals surface area contributed by atoms with Gasteiger partial charge in [-0.3, -0.25) is 4.79 Å². The number of hydrogen-bond acceptors (Lipinski definition) is 4. The standard InChI is InChI=1S/C18H30N2O2S/c1-13-14(16(21)20-11-18(5,22)12-23-6)8-7-9-15(13)19-10-17(2,3)4/h7-9,19,22H,10-12H2,1-6H3,(H,20,21). The van der Waals surface area contributed by atoms with Crippen molar-refractivity contribution in [3.05, 3.63) is 29.3 Å². The number of hydrogen-bond donors (Lipinski definition) is 3. The fraction of sp³-hybridized carbons (Fsp3) is 0.611. The van der Waals surface area contributed by atoms with E-state index in [1.54, 1.807) is 18.7 Å². The molecule has 0 aliphatic heterocycles. The summed E-state index contributed by atoms with van der Waals surface area (Å²) in [5.74, 6) is 0.433. The maximum atomic E-state index is 12.4. The van der Waals surface area contributed by atoms with E-state index in [0.29, 0.717) is 11.3 Å². The molecule has 0 heterocycles. The lowest BCUT2D eigenvalue weighted by Gasteiger charge is -2.23. The molecule has 4 nitrogen and oxygen atoms in total. The summed E-state index contributed by atoms with van der Waals surface area (Å²) in [6.07, 6.45) is 1.94. The zero-order chi connectivity index (χ0) is 17.7. The van der Waals surface area contributed by atoms with Crippen molar-refractivity contribution in [2.45, 2.75) is 40.2 Å². The van der Waals surface area contributed by atoms with Crippen LogP contribution < -0.4 is 10.6 Å². The Bertz CT molecular complexity index is 536. The molecule has 130 valence electrons. The maximum absolute atomic E-state index is 12.4. The van der Waals surface area contributed by atoms with Crippen LogP contribution in [0.15, 0.2) is 18.2 Å². The van der Waals surface area contributed by atoms with Gasteiger partial charge in [-0.2, -0.15) is 11.8 Å². The SMILES string of the molecule is CSCC(C)(O)CNC(=O)c1cccc(NCC(C)(C)C)c1C. The Balaban J connectivity index is 2.78. The molecule has 0 aromatic heterocycles. The lowest BCUT2D eigenvalue weighted by atomic mass is 9.96. The Kier molecular flexibility index (Phi) is 6.96. The van der Waals surface area contributed by atoms with Crippen LogP contribution in [0.4, 0.5) is 5.69 Å². The second-order valence-electron chi connectivity index (χ2n) is 7.50. The van der Waals surface area contributed by atoms with Crippen molar-refractivity contribution >= 4 is 23.4 Å². The smallest absolute Gasteiger partial charge is 0.251 e. The van der Waals surface area contributed by atoms with Gasteiger partial charge in [0.25, 0.3) is 5.91 Å². The molecule has 1 rings (SSSR count). The predicted molar refractivity (Wildman–Crippen MR) is 100 cm³/mol. The highest BCUT2D eigenvalue weighted by Gasteiger charge is 2.21. The molecule has 0 saturated heterocycles. The molecule has 1 unspecified atom stereocenters. The van der Waals surface area contributed by atoms with E-state index < -0.39 is 5.60 Å². The van der Waals surface area contributed by atoms with Gasteiger partial charge in [-0.15, -0.1) is 0 Å². The molecule has 23 heavy (non-hydrogen) atoms. The van der Waals surface area contributed by atoms with E-state index in [4.69, 9.17) is 0 Å². The molecule has 0 fully saturated rings. The van der Waals surface area contributed by atoms with Crippen molar-refractivity contribution in [3.8, 4) is 0 Å². The third kappa shape index (κ3) is 6.83. The normalized spacial score (nSPS) is 14.2. The van der Waals surface area contributed by atoms with E-state index in [-0.39, 0.29) is 17.9 Å². The van der Waals surface area contributed by atoms with Crippen LogP contribution in [-0.2, 0) is 0 Å². The van der Waals surface area contributed by atoms with E-state index in [1.165, 1.54) is 0 Å². The first-order valence-electron chi connectivity index (χ1n) is 7.89. The Morgan fingerprint density at radius 1 is 1.22 bits per heavy atom. The molecule has 1 aromatic carbocycles. The number of amides is 1. The van der Waals surface area contributed by atoms with E-state index in [1.807, 2.05) is 31.4 Å². The quantitative estimate of drug-likeness (QED) is 0.714. The third-order valence-corrected chi connectivity index (χ3v) is 4.38. The van der Waals surface area contributed by atoms with Gasteiger partial charge in [0.05, 0.1) is 5.60 Å². The van der Waals surface area contributed by atoms with Gasteiger partial charge in [0, 0.05) is 30.1 Å². The highest BCUT2D eigenvalue weighted by atomic mass is 32.2. The average Bonchev–Trinajstić information content (AvgIpc) is 2.43. The summed E-state index contributed by atoms with van der Waals surface area (Å²) in [6, 6.07) is 5.69. The summed E-state index contributed by atoms with van der Waals surface area (Å²) >= 11 is 1.56. The monoisotopic (exact) mass is 338 g/mol. The van der Waals surface area contributed by atoms with Crippen LogP contribution in [0.5, 0.6) is 0 Å². The number of thioether (sulfide) groups is 1. The molecule has 0 radical (unpaired) electrons. The van der Waals surface area contributed by atoms with E-state index in [2.05, 4.69) is 31.4 Å². The summed E-state index contributed by atoms with van der Waals surface area (Å²) in [5, 5.41) is 16.4. The Labute approximate surface area is 144 Å². The number of anilines is 1. The van der Waals surface area contributed by atoms with E-state index in [0.717, 1.165) is 17.8 Å². The average molecular weight is 339 g/mol. The topological polar surface area (TPSA) is 61.4 Å². The second-order valence-corrected chi connectivity index (χ2v) is 8.37. The van der Waals surface area contributed by atoms with Gasteiger partial charge < -0.3 is 15.7 Å². The Morgan fingerprint density at radius 2 is 1.87 bits per heavy atom. The van der Waals surface area contributed by atoms with Crippen LogP contribution >= 0.6 is 11.8 Å². The van der Waals surface area contributed by atoms with Gasteiger partial charge in [0.1, 0.15) is 0 Å². The molecule has 0 spiro atoms. The molecule has 0 bridgehead atoms. The molecule has 0 aliphatic carbocycles. The maximum Gasteiger partial charge on any atom is 0.251 e. The van der Waals surface area contributed by atoms with Gasteiger partial charge in [-0.25, -0.2) is 0 Å². The summed E-state index contributed by atoms with van der Waals surface area (Å²) in [7, 11) is 0. The minimum atomic E-state index is -0.898. The minimum absolute atomic E-state index is 0.150. The van der Waals surface area contributed by atoms with Gasteiger partial charge in [0.15, 0.2) is 0 Å². The summed E-state index contributed by atoms with van der Waals surface area (Å²) < 4.78 is 0. The van der Waals surface area contributed by atoms with Crippen molar-refractivity contribution in [2.24, 2.45) is 5.41 Å². The van der Waals surface area contributed by atoms with E-state index >= 15 is 0 Å². The van der Waals surface area contributed by atoms with Crippen molar-refractivity contribution in [2.75, 3.05) is 30.4 Å². The first-order valence-corrected chi connectivity index (χ1v) is 9.28. The number of carbonyl (C=O) groups is 1. The zero-order valence-corrected chi connectivity index (χ0v) is 15.9. The third-order valence-electron chi connectivity index (χ3n) is 3.47. The van der Waals surface area contributed by atoms with Crippen molar-refractivity contribution in [1.82, 2.24) is 5.32 Å². The minimum Gasteiger partial charge on any atom is -0.387 e. The summed E-state index contributed by atoms with van der Waals surface area (Å²) in [6.45, 7) is 11.3. The van der Waals surface area contributed by atoms with Crippen molar-refractivity contribution in [1.29, 1.82) is 0 Å². The Morgan fingerprint density at radius 3 is 2.43 bits per heavy atom. The molecule has 1 amide bonds. The zero-order valence-electron chi connectivity index (χ0n) is 15.1. The number of benzene rings is 1. The molecule has 5 heteroatoms. The molecule has 0 aliphatic rings. The number of aliphatic hydroxyl groups is 1. The molecule has 0 saturated carbocycles. The highest BCUT2D eigenvalue weighted by molar-refractivity contribution is 7.98. The Hall–Kier alpha value is -1.20. The molecule has 1 aromatic rings. The lowest BCUT2D eigenvalue weighted by Crippen LogP contribution is -2.42. The molecule has 3 N–H and O–H groups in total. The molecule has 1 atom stereocenters. The first-order chi connectivity index (χ1) is 10.6. The van der Waals surface area contributed by atoms with Crippen LogP contribution in [0, 0.1) is 12.3 Å². The predicted octanol–water partition coefficient (Wildman–Crippen LogP) is 3.30. The van der Waals surface area contributed by atoms with Gasteiger partial charge in [-0.1, -0.05) is 26.8 Å². The van der Waals surface area contributed by atoms with Crippen LogP contribution in [0.1, 0.15) is 43.6 Å². The highest BCUT2D eigenvalue weighted by Crippen LogP contribution is 2.22. The van der Waals surface area contributed by atoms with Crippen LogP contribution in [0.25, 0.3) is 0 Å². The van der Waals surface area contributed by atoms with Crippen molar-refractivity contribution in [3.63, 3.8) is 0 Å². The second kappa shape index (κ2) is 8.06. The molecular formula is C18H30N2O2S. The van der Waals surface area contributed by atoms with Crippen LogP contribution in [0.2, 0.25) is 0 Å². The number of nitrogens with one attached hydrogen (secondary N) is 2. The van der Waals surface area contributed by atoms with Gasteiger partial charge in [0.2, 0.25) is 0 Å². The van der Waals surface area contributed by atoms with Crippen LogP contribution in [0.3, 0.4) is 0 Å². The largest absolute Gasteiger partial charge is 0.387 e. The van der Waals surface area contributed by atoms with E-state index in [9.17, 15) is 9.90 Å². The lowest BCUT2D eigenvalue weighted by molar-refractivity contribution is 0.0724. The fourth-order valence-corrected chi connectivity index (χ4v) is 2.89. The van der Waals surface area contributed by atoms with Gasteiger partial charge >= 0.3 is 0 Å². The van der Waals surface area contributed by atoms with Crippen LogP contribution in [-0.4, -0.2) is 41.7 Å². The van der Waals surface area contributed by atoms with Gasteiger partial charge in [-0.05, 0) is 43.2 Å². The molecular weight excluding hydrogens is 308 g/mol.